The first kappa shape index (κ1) is 15.2. The highest BCUT2D eigenvalue weighted by Gasteiger charge is 2.10. The summed E-state index contributed by atoms with van der Waals surface area (Å²) >= 11 is 0. The van der Waals surface area contributed by atoms with Crippen LogP contribution in [0.3, 0.4) is 0 Å². The first-order chi connectivity index (χ1) is 7.51. The average molecular weight is 228 g/mol. The van der Waals surface area contributed by atoms with E-state index >= 15 is 0 Å². The van der Waals surface area contributed by atoms with Crippen LogP contribution in [-0.2, 0) is 0 Å². The summed E-state index contributed by atoms with van der Waals surface area (Å²) in [6.45, 7) is 6.12. The molecule has 0 saturated heterocycles. The molecule has 0 radical (unpaired) electrons. The minimum atomic E-state index is -2.25. The lowest BCUT2D eigenvalue weighted by molar-refractivity contribution is 0.147. The van der Waals surface area contributed by atoms with Gasteiger partial charge < -0.3 is 0 Å². The molecule has 0 amide bonds. The second kappa shape index (κ2) is 8.33. The predicted octanol–water partition coefficient (Wildman–Crippen LogP) is 4.66. The number of alkyl halides is 2. The van der Waals surface area contributed by atoms with Crippen LogP contribution in [0.2, 0.25) is 0 Å². The van der Waals surface area contributed by atoms with E-state index in [1.54, 1.807) is 0 Å². The number of hydrogen-bond donors (Lipinski definition) is 0. The van der Waals surface area contributed by atoms with Gasteiger partial charge in [0.15, 0.2) is 0 Å². The summed E-state index contributed by atoms with van der Waals surface area (Å²) in [5.41, 5.74) is 0.846. The van der Waals surface area contributed by atoms with Crippen LogP contribution >= 0.6 is 0 Å². The topological polar surface area (TPSA) is 0 Å². The van der Waals surface area contributed by atoms with Gasteiger partial charge in [0, 0.05) is 12.3 Å². The van der Waals surface area contributed by atoms with E-state index in [1.165, 1.54) is 0 Å². The summed E-state index contributed by atoms with van der Waals surface area (Å²) in [4.78, 5) is 0. The van der Waals surface area contributed by atoms with Crippen molar-refractivity contribution in [1.29, 1.82) is 0 Å². The molecule has 0 aliphatic rings. The summed E-state index contributed by atoms with van der Waals surface area (Å²) in [6.07, 6.45) is 7.34. The van der Waals surface area contributed by atoms with Gasteiger partial charge in [0.1, 0.15) is 0 Å². The Morgan fingerprint density at radius 2 is 2.00 bits per heavy atom. The van der Waals surface area contributed by atoms with Crippen LogP contribution in [0.1, 0.15) is 46.5 Å². The van der Waals surface area contributed by atoms with Gasteiger partial charge in [-0.3, -0.25) is 0 Å². The number of allylic oxidation sites excluding steroid dienone is 2. The van der Waals surface area contributed by atoms with Gasteiger partial charge in [-0.15, -0.1) is 12.3 Å². The number of rotatable bonds is 7. The molecule has 0 fully saturated rings. The molecular formula is C14H22F2. The van der Waals surface area contributed by atoms with Gasteiger partial charge in [-0.05, 0) is 18.8 Å². The van der Waals surface area contributed by atoms with Crippen molar-refractivity contribution in [2.45, 2.75) is 52.9 Å². The lowest BCUT2D eigenvalue weighted by Gasteiger charge is -2.13. The van der Waals surface area contributed by atoms with Gasteiger partial charge in [0.2, 0.25) is 6.43 Å². The highest BCUT2D eigenvalue weighted by atomic mass is 19.3. The van der Waals surface area contributed by atoms with Crippen molar-refractivity contribution >= 4 is 0 Å². The summed E-state index contributed by atoms with van der Waals surface area (Å²) in [5.74, 6) is 3.28. The molecule has 0 aliphatic carbocycles. The fourth-order valence-electron chi connectivity index (χ4n) is 1.63. The Bertz CT molecular complexity index is 246. The first-order valence-electron chi connectivity index (χ1n) is 5.93. The predicted molar refractivity (Wildman–Crippen MR) is 65.4 cm³/mol. The molecule has 0 aromatic rings. The minimum absolute atomic E-state index is 0.108. The third-order valence-corrected chi connectivity index (χ3v) is 2.67. The largest absolute Gasteiger partial charge is 0.242 e. The van der Waals surface area contributed by atoms with Crippen LogP contribution in [0, 0.1) is 24.2 Å². The maximum absolute atomic E-state index is 12.3. The van der Waals surface area contributed by atoms with Crippen LogP contribution in [0.5, 0.6) is 0 Å². The highest BCUT2D eigenvalue weighted by Crippen LogP contribution is 2.20. The smallest absolute Gasteiger partial charge is 0.210 e. The van der Waals surface area contributed by atoms with E-state index in [0.29, 0.717) is 5.92 Å². The van der Waals surface area contributed by atoms with Crippen molar-refractivity contribution in [3.8, 4) is 12.3 Å². The van der Waals surface area contributed by atoms with Crippen molar-refractivity contribution < 1.29 is 8.78 Å². The maximum Gasteiger partial charge on any atom is 0.242 e. The molecule has 0 saturated carbocycles. The SMILES string of the molecule is C#CC(C/C=C(\CCC)CC(F)F)C(C)C. The van der Waals surface area contributed by atoms with Crippen molar-refractivity contribution in [2.24, 2.45) is 11.8 Å². The molecule has 0 aromatic heterocycles. The van der Waals surface area contributed by atoms with Crippen LogP contribution < -0.4 is 0 Å². The Balaban J connectivity index is 4.37. The Labute approximate surface area is 98.1 Å². The monoisotopic (exact) mass is 228 g/mol. The third-order valence-electron chi connectivity index (χ3n) is 2.67. The van der Waals surface area contributed by atoms with Gasteiger partial charge in [0.05, 0.1) is 0 Å². The van der Waals surface area contributed by atoms with E-state index < -0.39 is 6.43 Å². The van der Waals surface area contributed by atoms with Crippen LogP contribution in [0.4, 0.5) is 8.78 Å². The fraction of sp³-hybridized carbons (Fsp3) is 0.714. The average Bonchev–Trinajstić information content (AvgIpc) is 2.17. The molecule has 0 aromatic carbocycles. The van der Waals surface area contributed by atoms with Gasteiger partial charge in [-0.1, -0.05) is 38.8 Å². The molecule has 1 unspecified atom stereocenters. The second-order valence-electron chi connectivity index (χ2n) is 4.46. The lowest BCUT2D eigenvalue weighted by atomic mass is 9.91. The molecule has 16 heavy (non-hydrogen) atoms. The number of hydrogen-bond acceptors (Lipinski definition) is 0. The van der Waals surface area contributed by atoms with Crippen LogP contribution in [-0.4, -0.2) is 6.43 Å². The van der Waals surface area contributed by atoms with Gasteiger partial charge in [-0.2, -0.15) is 0 Å². The normalized spacial score (nSPS) is 14.2. The Morgan fingerprint density at radius 1 is 1.38 bits per heavy atom. The standard InChI is InChI=1S/C14H22F2/c1-5-7-12(10-14(15)16)8-9-13(6-2)11(3)4/h2,8,11,13-14H,5,7,9-10H2,1,3-4H3/b12-8+. The van der Waals surface area contributed by atoms with Crippen LogP contribution in [0.25, 0.3) is 0 Å². The summed E-state index contributed by atoms with van der Waals surface area (Å²) in [5, 5.41) is 0. The van der Waals surface area contributed by atoms with E-state index in [9.17, 15) is 8.78 Å². The summed E-state index contributed by atoms with van der Waals surface area (Å²) in [7, 11) is 0. The van der Waals surface area contributed by atoms with Gasteiger partial charge in [-0.25, -0.2) is 8.78 Å². The summed E-state index contributed by atoms with van der Waals surface area (Å²) in [6, 6.07) is 0. The zero-order valence-corrected chi connectivity index (χ0v) is 10.5. The Hall–Kier alpha value is -0.840. The lowest BCUT2D eigenvalue weighted by Crippen LogP contribution is -2.05. The van der Waals surface area contributed by atoms with E-state index in [4.69, 9.17) is 6.42 Å². The quantitative estimate of drug-likeness (QED) is 0.439. The highest BCUT2D eigenvalue weighted by molar-refractivity contribution is 5.07. The molecule has 1 atom stereocenters. The molecule has 0 spiro atoms. The van der Waals surface area contributed by atoms with Crippen molar-refractivity contribution in [1.82, 2.24) is 0 Å². The third kappa shape index (κ3) is 6.61. The van der Waals surface area contributed by atoms with E-state index in [2.05, 4.69) is 19.8 Å². The molecule has 2 heteroatoms. The van der Waals surface area contributed by atoms with Crippen molar-refractivity contribution in [2.75, 3.05) is 0 Å². The van der Waals surface area contributed by atoms with E-state index in [1.807, 2.05) is 13.0 Å². The number of halogens is 2. The second-order valence-corrected chi connectivity index (χ2v) is 4.46. The van der Waals surface area contributed by atoms with E-state index in [0.717, 1.165) is 24.8 Å². The van der Waals surface area contributed by atoms with Crippen molar-refractivity contribution in [3.63, 3.8) is 0 Å². The van der Waals surface area contributed by atoms with Gasteiger partial charge in [0.25, 0.3) is 0 Å². The Morgan fingerprint density at radius 3 is 2.38 bits per heavy atom. The van der Waals surface area contributed by atoms with Gasteiger partial charge >= 0.3 is 0 Å². The number of terminal acetylenes is 1. The molecule has 0 rings (SSSR count). The molecule has 0 N–H and O–H groups in total. The fourth-order valence-corrected chi connectivity index (χ4v) is 1.63. The van der Waals surface area contributed by atoms with Crippen LogP contribution in [0.15, 0.2) is 11.6 Å². The molecule has 0 aliphatic heterocycles. The molecular weight excluding hydrogens is 206 g/mol. The summed E-state index contributed by atoms with van der Waals surface area (Å²) < 4.78 is 24.6. The first-order valence-corrected chi connectivity index (χ1v) is 5.93. The minimum Gasteiger partial charge on any atom is -0.210 e. The van der Waals surface area contributed by atoms with Crippen molar-refractivity contribution in [3.05, 3.63) is 11.6 Å². The van der Waals surface area contributed by atoms with E-state index in [-0.39, 0.29) is 12.3 Å². The molecule has 92 valence electrons. The zero-order valence-electron chi connectivity index (χ0n) is 10.5. The Kier molecular flexibility index (Phi) is 7.89. The molecule has 0 bridgehead atoms. The molecule has 0 heterocycles. The molecule has 0 nitrogen and oxygen atoms in total. The zero-order chi connectivity index (χ0) is 12.6. The maximum atomic E-state index is 12.3.